The highest BCUT2D eigenvalue weighted by Gasteiger charge is 2.31. The summed E-state index contributed by atoms with van der Waals surface area (Å²) in [5.74, 6) is 0.848. The van der Waals surface area contributed by atoms with Crippen LogP contribution in [0.1, 0.15) is 18.4 Å². The molecule has 1 aliphatic heterocycles. The van der Waals surface area contributed by atoms with E-state index in [0.717, 1.165) is 12.8 Å². The maximum Gasteiger partial charge on any atom is 0.222 e. The lowest BCUT2D eigenvalue weighted by molar-refractivity contribution is -0.140. The van der Waals surface area contributed by atoms with Crippen LogP contribution in [0, 0.1) is 0 Å². The zero-order valence-corrected chi connectivity index (χ0v) is 12.5. The minimum Gasteiger partial charge on any atom is -0.471 e. The summed E-state index contributed by atoms with van der Waals surface area (Å²) in [5.41, 5.74) is 1.29. The first-order valence-electron chi connectivity index (χ1n) is 7.70. The molecule has 0 N–H and O–H groups in total. The van der Waals surface area contributed by atoms with Gasteiger partial charge in [0.15, 0.2) is 0 Å². The second-order valence-electron chi connectivity index (χ2n) is 5.55. The van der Waals surface area contributed by atoms with Crippen LogP contribution in [0.3, 0.4) is 0 Å². The number of carbonyl (C=O) groups excluding carboxylic acids is 1. The number of aryl methyl sites for hydroxylation is 1. The Balaban J connectivity index is 1.35. The molecule has 4 heteroatoms. The standard InChI is InChI=1S/C18H20N2O2/c21-18(11-6-9-15-7-2-1-3-8-15)20-13-16(14-20)22-17-10-4-5-12-19-17/h1-5,7-8,10,12,16H,6,9,11,13-14H2. The van der Waals surface area contributed by atoms with Crippen molar-refractivity contribution in [3.05, 3.63) is 60.3 Å². The SMILES string of the molecule is O=C(CCCc1ccccc1)N1CC(Oc2ccccn2)C1. The summed E-state index contributed by atoms with van der Waals surface area (Å²) >= 11 is 0. The van der Waals surface area contributed by atoms with Gasteiger partial charge in [0.1, 0.15) is 6.10 Å². The van der Waals surface area contributed by atoms with Gasteiger partial charge in [-0.05, 0) is 24.5 Å². The molecule has 22 heavy (non-hydrogen) atoms. The van der Waals surface area contributed by atoms with Crippen molar-refractivity contribution in [1.82, 2.24) is 9.88 Å². The van der Waals surface area contributed by atoms with Gasteiger partial charge in [-0.2, -0.15) is 0 Å². The van der Waals surface area contributed by atoms with E-state index in [0.29, 0.717) is 25.4 Å². The van der Waals surface area contributed by atoms with Gasteiger partial charge < -0.3 is 9.64 Å². The Morgan fingerprint density at radius 2 is 1.91 bits per heavy atom. The Bertz CT molecular complexity index is 595. The zero-order valence-electron chi connectivity index (χ0n) is 12.5. The molecule has 1 amide bonds. The molecule has 2 aromatic rings. The number of hydrogen-bond donors (Lipinski definition) is 0. The Hall–Kier alpha value is -2.36. The quantitative estimate of drug-likeness (QED) is 0.823. The summed E-state index contributed by atoms with van der Waals surface area (Å²) in [6, 6.07) is 15.9. The Morgan fingerprint density at radius 3 is 2.64 bits per heavy atom. The Morgan fingerprint density at radius 1 is 1.14 bits per heavy atom. The molecule has 4 nitrogen and oxygen atoms in total. The molecule has 0 saturated carbocycles. The third kappa shape index (κ3) is 3.85. The third-order valence-corrected chi connectivity index (χ3v) is 3.82. The van der Waals surface area contributed by atoms with Gasteiger partial charge in [-0.25, -0.2) is 4.98 Å². The van der Waals surface area contributed by atoms with Gasteiger partial charge in [0, 0.05) is 18.7 Å². The average molecular weight is 296 g/mol. The molecule has 0 unspecified atom stereocenters. The second-order valence-corrected chi connectivity index (χ2v) is 5.55. The molecular weight excluding hydrogens is 276 g/mol. The van der Waals surface area contributed by atoms with Gasteiger partial charge >= 0.3 is 0 Å². The fourth-order valence-electron chi connectivity index (χ4n) is 2.55. The first kappa shape index (κ1) is 14.6. The maximum absolute atomic E-state index is 12.1. The number of aromatic nitrogens is 1. The van der Waals surface area contributed by atoms with Crippen molar-refractivity contribution in [2.75, 3.05) is 13.1 Å². The van der Waals surface area contributed by atoms with Crippen molar-refractivity contribution in [3.8, 4) is 5.88 Å². The van der Waals surface area contributed by atoms with Crippen molar-refractivity contribution in [1.29, 1.82) is 0 Å². The molecule has 1 aromatic carbocycles. The predicted octanol–water partition coefficient (Wildman–Crippen LogP) is 2.69. The number of rotatable bonds is 6. The molecule has 0 aliphatic carbocycles. The molecule has 1 saturated heterocycles. The lowest BCUT2D eigenvalue weighted by Gasteiger charge is -2.38. The number of likely N-dealkylation sites (tertiary alicyclic amines) is 1. The van der Waals surface area contributed by atoms with Crippen LogP contribution in [0.5, 0.6) is 5.88 Å². The van der Waals surface area contributed by atoms with E-state index in [1.807, 2.05) is 41.3 Å². The minimum atomic E-state index is 0.0768. The van der Waals surface area contributed by atoms with Gasteiger partial charge in [-0.3, -0.25) is 4.79 Å². The topological polar surface area (TPSA) is 42.4 Å². The molecule has 3 rings (SSSR count). The van der Waals surface area contributed by atoms with Crippen LogP contribution in [-0.2, 0) is 11.2 Å². The van der Waals surface area contributed by atoms with Gasteiger partial charge in [0.25, 0.3) is 0 Å². The van der Waals surface area contributed by atoms with Crippen molar-refractivity contribution in [2.45, 2.75) is 25.4 Å². The number of ether oxygens (including phenoxy) is 1. The van der Waals surface area contributed by atoms with Crippen LogP contribution in [0.2, 0.25) is 0 Å². The van der Waals surface area contributed by atoms with E-state index in [1.54, 1.807) is 6.20 Å². The van der Waals surface area contributed by atoms with E-state index >= 15 is 0 Å². The largest absolute Gasteiger partial charge is 0.471 e. The van der Waals surface area contributed by atoms with Crippen molar-refractivity contribution in [2.24, 2.45) is 0 Å². The maximum atomic E-state index is 12.1. The van der Waals surface area contributed by atoms with E-state index in [-0.39, 0.29) is 12.0 Å². The smallest absolute Gasteiger partial charge is 0.222 e. The molecule has 2 heterocycles. The number of nitrogens with zero attached hydrogens (tertiary/aromatic N) is 2. The van der Waals surface area contributed by atoms with E-state index in [1.165, 1.54) is 5.56 Å². The van der Waals surface area contributed by atoms with Crippen molar-refractivity contribution in [3.63, 3.8) is 0 Å². The lowest BCUT2D eigenvalue weighted by atomic mass is 10.1. The fourth-order valence-corrected chi connectivity index (χ4v) is 2.55. The van der Waals surface area contributed by atoms with Gasteiger partial charge in [0.05, 0.1) is 13.1 Å². The molecule has 1 fully saturated rings. The summed E-state index contributed by atoms with van der Waals surface area (Å²) in [6.07, 6.45) is 4.23. The molecule has 1 aromatic heterocycles. The molecule has 0 radical (unpaired) electrons. The van der Waals surface area contributed by atoms with Crippen LogP contribution in [0.15, 0.2) is 54.7 Å². The van der Waals surface area contributed by atoms with Gasteiger partial charge in [0.2, 0.25) is 11.8 Å². The minimum absolute atomic E-state index is 0.0768. The van der Waals surface area contributed by atoms with Gasteiger partial charge in [-0.1, -0.05) is 36.4 Å². The van der Waals surface area contributed by atoms with E-state index in [2.05, 4.69) is 17.1 Å². The monoisotopic (exact) mass is 296 g/mol. The van der Waals surface area contributed by atoms with E-state index < -0.39 is 0 Å². The molecule has 114 valence electrons. The van der Waals surface area contributed by atoms with Gasteiger partial charge in [-0.15, -0.1) is 0 Å². The van der Waals surface area contributed by atoms with Crippen LogP contribution in [0.4, 0.5) is 0 Å². The number of amides is 1. The first-order chi connectivity index (χ1) is 10.8. The first-order valence-corrected chi connectivity index (χ1v) is 7.70. The van der Waals surface area contributed by atoms with E-state index in [9.17, 15) is 4.79 Å². The average Bonchev–Trinajstić information content (AvgIpc) is 2.52. The third-order valence-electron chi connectivity index (χ3n) is 3.82. The molecule has 0 atom stereocenters. The van der Waals surface area contributed by atoms with Crippen LogP contribution < -0.4 is 4.74 Å². The van der Waals surface area contributed by atoms with E-state index in [4.69, 9.17) is 4.74 Å². The van der Waals surface area contributed by atoms with Crippen LogP contribution in [0.25, 0.3) is 0 Å². The molecule has 1 aliphatic rings. The lowest BCUT2D eigenvalue weighted by Crippen LogP contribution is -2.56. The molecular formula is C18H20N2O2. The summed E-state index contributed by atoms with van der Waals surface area (Å²) in [5, 5.41) is 0. The van der Waals surface area contributed by atoms with Crippen LogP contribution in [-0.4, -0.2) is 35.0 Å². The highest BCUT2D eigenvalue weighted by atomic mass is 16.5. The Labute approximate surface area is 130 Å². The summed E-state index contributed by atoms with van der Waals surface area (Å²) in [6.45, 7) is 1.33. The summed E-state index contributed by atoms with van der Waals surface area (Å²) in [7, 11) is 0. The molecule has 0 spiro atoms. The normalized spacial score (nSPS) is 14.5. The second kappa shape index (κ2) is 7.07. The Kier molecular flexibility index (Phi) is 4.68. The van der Waals surface area contributed by atoms with Crippen LogP contribution >= 0.6 is 0 Å². The molecule has 0 bridgehead atoms. The van der Waals surface area contributed by atoms with Crippen molar-refractivity contribution >= 4 is 5.91 Å². The highest BCUT2D eigenvalue weighted by Crippen LogP contribution is 2.17. The number of carbonyl (C=O) groups is 1. The highest BCUT2D eigenvalue weighted by molar-refractivity contribution is 5.77. The summed E-state index contributed by atoms with van der Waals surface area (Å²) < 4.78 is 5.70. The van der Waals surface area contributed by atoms with Crippen molar-refractivity contribution < 1.29 is 9.53 Å². The summed E-state index contributed by atoms with van der Waals surface area (Å²) in [4.78, 5) is 18.1. The number of benzene rings is 1. The predicted molar refractivity (Wildman–Crippen MR) is 84.6 cm³/mol. The number of pyridine rings is 1. The fraction of sp³-hybridized carbons (Fsp3) is 0.333. The zero-order chi connectivity index (χ0) is 15.2. The number of hydrogen-bond acceptors (Lipinski definition) is 3.